The van der Waals surface area contributed by atoms with E-state index < -0.39 is 33.5 Å². The lowest BCUT2D eigenvalue weighted by Crippen LogP contribution is -2.53. The molecule has 2 rings (SSSR count). The molecule has 1 aromatic carbocycles. The Morgan fingerprint density at radius 1 is 0.962 bits per heavy atom. The molecule has 0 bridgehead atoms. The zero-order valence-electron chi connectivity index (χ0n) is 12.6. The van der Waals surface area contributed by atoms with Crippen LogP contribution < -0.4 is 4.72 Å². The van der Waals surface area contributed by atoms with Gasteiger partial charge in [0, 0.05) is 12.1 Å². The molecule has 4 nitrogen and oxygen atoms in total. The summed E-state index contributed by atoms with van der Waals surface area (Å²) in [5, 5.41) is 10.8. The van der Waals surface area contributed by atoms with Gasteiger partial charge in [-0.25, -0.2) is 13.1 Å². The molecule has 26 heavy (non-hydrogen) atoms. The molecule has 0 unspecified atom stereocenters. The van der Waals surface area contributed by atoms with Crippen molar-refractivity contribution in [3.8, 4) is 0 Å². The molecule has 0 amide bonds. The molecule has 0 aliphatic rings. The average molecular weight is 419 g/mol. The highest BCUT2D eigenvalue weighted by molar-refractivity contribution is 7.91. The Morgan fingerprint density at radius 3 is 1.92 bits per heavy atom. The summed E-state index contributed by atoms with van der Waals surface area (Å²) in [6, 6.07) is 5.49. The minimum Gasteiger partial charge on any atom is -0.369 e. The SMILES string of the molecule is O=S(=O)(NCc1ccc(C(O)(C(F)(F)F)C(F)(F)F)cc1)c1cccs1. The van der Waals surface area contributed by atoms with Crippen molar-refractivity contribution >= 4 is 21.4 Å². The molecule has 0 saturated carbocycles. The molecule has 0 atom stereocenters. The number of alkyl halides is 6. The standard InChI is InChI=1S/C14H11F6NO3S2/c15-13(16,17)12(22,14(18,19)20)10-5-3-9(4-6-10)8-21-26(23,24)11-2-1-7-25-11/h1-7,21-22H,8H2. The monoisotopic (exact) mass is 419 g/mol. The third-order valence-corrected chi connectivity index (χ3v) is 6.22. The predicted molar refractivity (Wildman–Crippen MR) is 80.8 cm³/mol. The molecule has 0 fully saturated rings. The highest BCUT2D eigenvalue weighted by Crippen LogP contribution is 2.49. The number of hydrogen-bond donors (Lipinski definition) is 2. The number of rotatable bonds is 5. The second kappa shape index (κ2) is 6.83. The van der Waals surface area contributed by atoms with Crippen LogP contribution in [0, 0.1) is 0 Å². The zero-order chi connectivity index (χ0) is 19.8. The first-order valence-electron chi connectivity index (χ1n) is 6.77. The summed E-state index contributed by atoms with van der Waals surface area (Å²) >= 11 is 0.943. The highest BCUT2D eigenvalue weighted by atomic mass is 32.2. The topological polar surface area (TPSA) is 66.4 Å². The molecule has 2 N–H and O–H groups in total. The first kappa shape index (κ1) is 20.7. The van der Waals surface area contributed by atoms with Gasteiger partial charge in [0.1, 0.15) is 4.21 Å². The first-order valence-corrected chi connectivity index (χ1v) is 9.14. The van der Waals surface area contributed by atoms with Crippen LogP contribution in [0.2, 0.25) is 0 Å². The van der Waals surface area contributed by atoms with Crippen LogP contribution in [0.25, 0.3) is 0 Å². The van der Waals surface area contributed by atoms with Gasteiger partial charge in [-0.3, -0.25) is 0 Å². The summed E-state index contributed by atoms with van der Waals surface area (Å²) in [7, 11) is -3.84. The van der Waals surface area contributed by atoms with E-state index in [4.69, 9.17) is 0 Å². The van der Waals surface area contributed by atoms with Crippen molar-refractivity contribution in [2.45, 2.75) is 28.7 Å². The number of thiophene rings is 1. The normalized spacial score (nSPS) is 13.8. The van der Waals surface area contributed by atoms with Crippen molar-refractivity contribution in [3.05, 3.63) is 52.9 Å². The van der Waals surface area contributed by atoms with Crippen molar-refractivity contribution < 1.29 is 39.9 Å². The number of hydrogen-bond acceptors (Lipinski definition) is 4. The summed E-state index contributed by atoms with van der Waals surface area (Å²) in [4.78, 5) is 0. The first-order chi connectivity index (χ1) is 11.8. The van der Waals surface area contributed by atoms with E-state index in [1.807, 2.05) is 0 Å². The molecule has 12 heteroatoms. The summed E-state index contributed by atoms with van der Waals surface area (Å²) in [5.74, 6) is 0. The Morgan fingerprint density at radius 2 is 1.50 bits per heavy atom. The van der Waals surface area contributed by atoms with Crippen molar-refractivity contribution in [2.24, 2.45) is 0 Å². The number of halogens is 6. The van der Waals surface area contributed by atoms with Crippen LogP contribution in [0.15, 0.2) is 46.0 Å². The van der Waals surface area contributed by atoms with Gasteiger partial charge in [-0.15, -0.1) is 11.3 Å². The molecule has 1 heterocycles. The smallest absolute Gasteiger partial charge is 0.369 e. The van der Waals surface area contributed by atoms with Crippen molar-refractivity contribution in [3.63, 3.8) is 0 Å². The summed E-state index contributed by atoms with van der Waals surface area (Å²) in [6.07, 6.45) is -12.0. The molecule has 2 aromatic rings. The van der Waals surface area contributed by atoms with Gasteiger partial charge in [0.25, 0.3) is 5.60 Å². The fourth-order valence-electron chi connectivity index (χ4n) is 2.02. The van der Waals surface area contributed by atoms with E-state index in [0.717, 1.165) is 23.5 Å². The quantitative estimate of drug-likeness (QED) is 0.729. The van der Waals surface area contributed by atoms with Crippen LogP contribution in [0.4, 0.5) is 26.3 Å². The summed E-state index contributed by atoms with van der Waals surface area (Å²) < 4.78 is 103. The van der Waals surface area contributed by atoms with Gasteiger partial charge in [0.2, 0.25) is 10.0 Å². The fourth-order valence-corrected chi connectivity index (χ4v) is 4.07. The third-order valence-electron chi connectivity index (χ3n) is 3.42. The Balaban J connectivity index is 2.23. The van der Waals surface area contributed by atoms with Gasteiger partial charge in [-0.1, -0.05) is 30.3 Å². The van der Waals surface area contributed by atoms with Crippen LogP contribution in [0.1, 0.15) is 11.1 Å². The highest BCUT2D eigenvalue weighted by Gasteiger charge is 2.71. The summed E-state index contributed by atoms with van der Waals surface area (Å²) in [5.41, 5.74) is -6.32. The molecule has 0 radical (unpaired) electrons. The lowest BCUT2D eigenvalue weighted by molar-refractivity contribution is -0.376. The van der Waals surface area contributed by atoms with E-state index in [9.17, 15) is 39.9 Å². The van der Waals surface area contributed by atoms with Crippen molar-refractivity contribution in [1.29, 1.82) is 0 Å². The summed E-state index contributed by atoms with van der Waals surface area (Å²) in [6.45, 7) is -0.350. The zero-order valence-corrected chi connectivity index (χ0v) is 14.2. The Kier molecular flexibility index (Phi) is 5.43. The predicted octanol–water partition coefficient (Wildman–Crippen LogP) is 3.54. The second-order valence-corrected chi connectivity index (χ2v) is 8.10. The second-order valence-electron chi connectivity index (χ2n) is 5.16. The minimum atomic E-state index is -5.98. The van der Waals surface area contributed by atoms with E-state index >= 15 is 0 Å². The van der Waals surface area contributed by atoms with Gasteiger partial charge >= 0.3 is 12.4 Å². The maximum absolute atomic E-state index is 12.8. The van der Waals surface area contributed by atoms with Crippen LogP contribution in [-0.2, 0) is 22.2 Å². The molecular weight excluding hydrogens is 408 g/mol. The van der Waals surface area contributed by atoms with Gasteiger partial charge in [0.05, 0.1) is 0 Å². The number of benzene rings is 1. The molecule has 0 aliphatic heterocycles. The largest absolute Gasteiger partial charge is 0.430 e. The molecular formula is C14H11F6NO3S2. The molecule has 1 aromatic heterocycles. The lowest BCUT2D eigenvalue weighted by Gasteiger charge is -2.32. The Labute approximate surface area is 148 Å². The molecule has 144 valence electrons. The molecule has 0 saturated heterocycles. The minimum absolute atomic E-state index is 0.0117. The van der Waals surface area contributed by atoms with Gasteiger partial charge < -0.3 is 5.11 Å². The van der Waals surface area contributed by atoms with Crippen LogP contribution >= 0.6 is 11.3 Å². The third kappa shape index (κ3) is 3.87. The van der Waals surface area contributed by atoms with Crippen LogP contribution in [-0.4, -0.2) is 25.9 Å². The molecule has 0 spiro atoms. The van der Waals surface area contributed by atoms with Crippen LogP contribution in [0.3, 0.4) is 0 Å². The van der Waals surface area contributed by atoms with Crippen LogP contribution in [0.5, 0.6) is 0 Å². The Bertz CT molecular complexity index is 828. The van der Waals surface area contributed by atoms with Crippen molar-refractivity contribution in [2.75, 3.05) is 0 Å². The number of aliphatic hydroxyl groups is 1. The fraction of sp³-hybridized carbons (Fsp3) is 0.286. The van der Waals surface area contributed by atoms with E-state index in [0.29, 0.717) is 12.1 Å². The van der Waals surface area contributed by atoms with Gasteiger partial charge in [0.15, 0.2) is 0 Å². The van der Waals surface area contributed by atoms with Crippen molar-refractivity contribution in [1.82, 2.24) is 4.72 Å². The Hall–Kier alpha value is -1.63. The van der Waals surface area contributed by atoms with E-state index in [-0.39, 0.29) is 16.3 Å². The van der Waals surface area contributed by atoms with Gasteiger partial charge in [-0.2, -0.15) is 26.3 Å². The average Bonchev–Trinajstić information content (AvgIpc) is 3.06. The molecule has 0 aliphatic carbocycles. The van der Waals surface area contributed by atoms with Gasteiger partial charge in [-0.05, 0) is 17.0 Å². The van der Waals surface area contributed by atoms with E-state index in [2.05, 4.69) is 4.72 Å². The van der Waals surface area contributed by atoms with E-state index in [1.54, 1.807) is 0 Å². The maximum Gasteiger partial charge on any atom is 0.430 e. The number of nitrogens with one attached hydrogen (secondary N) is 1. The van der Waals surface area contributed by atoms with E-state index in [1.165, 1.54) is 17.5 Å². The number of sulfonamides is 1. The lowest BCUT2D eigenvalue weighted by atomic mass is 9.91. The maximum atomic E-state index is 12.8.